The largest absolute Gasteiger partial charge is 0.481 e. The number of nitrogens with two attached hydrogens (primary N) is 1. The fourth-order valence-electron chi connectivity index (χ4n) is 4.85. The minimum atomic E-state index is -1.22. The first-order valence-corrected chi connectivity index (χ1v) is 16.1. The summed E-state index contributed by atoms with van der Waals surface area (Å²) in [5.41, 5.74) is 5.41. The van der Waals surface area contributed by atoms with Crippen LogP contribution in [0.2, 0.25) is 0 Å². The molecule has 0 rings (SSSR count). The molecule has 0 aromatic carbocycles. The van der Waals surface area contributed by atoms with E-state index >= 15 is 0 Å². The third kappa shape index (κ3) is 25.1. The molecule has 0 aliphatic carbocycles. The number of carbonyl (C=O) groups is 5. The first-order valence-electron chi connectivity index (χ1n) is 16.1. The predicted molar refractivity (Wildman–Crippen MR) is 162 cm³/mol. The van der Waals surface area contributed by atoms with Crippen LogP contribution in [0.1, 0.15) is 148 Å². The lowest BCUT2D eigenvalue weighted by Gasteiger charge is -2.17. The van der Waals surface area contributed by atoms with Crippen molar-refractivity contribution in [3.8, 4) is 0 Å². The van der Waals surface area contributed by atoms with E-state index in [4.69, 9.17) is 10.8 Å². The molecule has 0 spiro atoms. The molecule has 2 atom stereocenters. The van der Waals surface area contributed by atoms with Crippen molar-refractivity contribution in [3.63, 3.8) is 0 Å². The van der Waals surface area contributed by atoms with Crippen molar-refractivity contribution in [1.29, 1.82) is 0 Å². The van der Waals surface area contributed by atoms with Crippen molar-refractivity contribution in [2.45, 2.75) is 160 Å². The van der Waals surface area contributed by atoms with Gasteiger partial charge < -0.3 is 31.7 Å². The van der Waals surface area contributed by atoms with Gasteiger partial charge in [-0.15, -0.1) is 0 Å². The summed E-state index contributed by atoms with van der Waals surface area (Å²) in [6, 6.07) is -2.24. The Morgan fingerprint density at radius 2 is 0.810 bits per heavy atom. The summed E-state index contributed by atoms with van der Waals surface area (Å²) in [7, 11) is 0. The van der Waals surface area contributed by atoms with Crippen molar-refractivity contribution in [2.24, 2.45) is 5.73 Å². The van der Waals surface area contributed by atoms with Crippen molar-refractivity contribution in [1.82, 2.24) is 10.6 Å². The van der Waals surface area contributed by atoms with Crippen LogP contribution in [0, 0.1) is 0 Å². The number of unbranched alkanes of at least 4 members (excludes halogenated alkanes) is 16. The van der Waals surface area contributed by atoms with Gasteiger partial charge in [0.2, 0.25) is 11.8 Å². The van der Waals surface area contributed by atoms with Crippen LogP contribution in [0.15, 0.2) is 0 Å². The third-order valence-corrected chi connectivity index (χ3v) is 7.42. The molecule has 42 heavy (non-hydrogen) atoms. The smallest absolute Gasteiger partial charge is 0.326 e. The van der Waals surface area contributed by atoms with Gasteiger partial charge in [0.1, 0.15) is 12.1 Å². The number of rotatable bonds is 30. The second kappa shape index (κ2) is 27.2. The van der Waals surface area contributed by atoms with Gasteiger partial charge in [-0.05, 0) is 45.1 Å². The van der Waals surface area contributed by atoms with Crippen LogP contribution in [-0.2, 0) is 24.0 Å². The summed E-state index contributed by atoms with van der Waals surface area (Å²) in [4.78, 5) is 57.7. The molecule has 0 aromatic heterocycles. The molecule has 0 saturated heterocycles. The maximum atomic E-state index is 12.2. The Morgan fingerprint density at radius 1 is 0.452 bits per heavy atom. The van der Waals surface area contributed by atoms with Crippen LogP contribution in [0.25, 0.3) is 0 Å². The third-order valence-electron chi connectivity index (χ3n) is 7.42. The Balaban J connectivity index is 3.79. The molecule has 244 valence electrons. The first kappa shape index (κ1) is 39.3. The van der Waals surface area contributed by atoms with Crippen LogP contribution >= 0.6 is 0 Å². The standard InChI is InChI=1S/C31H57N3O8/c32-24-18-17-19-25(30(39)40)33-28(36)23-22-26(31(41)42)34-27(35)20-15-13-11-9-7-5-3-1-2-4-6-8-10-12-14-16-21-29(37)38/h25-26H,1-24,32H2,(H,33,36)(H,34,35)(H,37,38)(H,39,40)(H,41,42)/t25-,26-/m0/s1. The second-order valence-corrected chi connectivity index (χ2v) is 11.3. The number of aliphatic carboxylic acids is 3. The molecule has 0 saturated carbocycles. The topological polar surface area (TPSA) is 196 Å². The molecular weight excluding hydrogens is 542 g/mol. The molecule has 0 aliphatic heterocycles. The highest BCUT2D eigenvalue weighted by molar-refractivity contribution is 5.86. The van der Waals surface area contributed by atoms with E-state index in [-0.39, 0.29) is 38.0 Å². The number of nitrogens with one attached hydrogen (secondary N) is 2. The Labute approximate surface area is 251 Å². The predicted octanol–water partition coefficient (Wildman–Crippen LogP) is 5.14. The van der Waals surface area contributed by atoms with Gasteiger partial charge in [0.05, 0.1) is 0 Å². The average molecular weight is 600 g/mol. The van der Waals surface area contributed by atoms with Gasteiger partial charge in [-0.2, -0.15) is 0 Å². The summed E-state index contributed by atoms with van der Waals surface area (Å²) in [6.07, 6.45) is 19.5. The minimum Gasteiger partial charge on any atom is -0.481 e. The average Bonchev–Trinajstić information content (AvgIpc) is 2.93. The van der Waals surface area contributed by atoms with Crippen molar-refractivity contribution in [3.05, 3.63) is 0 Å². The van der Waals surface area contributed by atoms with Gasteiger partial charge in [0.25, 0.3) is 0 Å². The van der Waals surface area contributed by atoms with Crippen molar-refractivity contribution in [2.75, 3.05) is 6.54 Å². The molecule has 11 nitrogen and oxygen atoms in total. The Hall–Kier alpha value is -2.69. The number of carboxylic acid groups (broad SMARTS) is 3. The molecule has 7 N–H and O–H groups in total. The van der Waals surface area contributed by atoms with E-state index < -0.39 is 35.9 Å². The summed E-state index contributed by atoms with van der Waals surface area (Å²) in [5.74, 6) is -3.99. The van der Waals surface area contributed by atoms with E-state index in [2.05, 4.69) is 10.6 Å². The van der Waals surface area contributed by atoms with E-state index in [1.165, 1.54) is 57.8 Å². The number of carboxylic acids is 3. The zero-order chi connectivity index (χ0) is 31.4. The van der Waals surface area contributed by atoms with Gasteiger partial charge in [-0.25, -0.2) is 9.59 Å². The fourth-order valence-corrected chi connectivity index (χ4v) is 4.85. The van der Waals surface area contributed by atoms with Gasteiger partial charge in [0, 0.05) is 19.3 Å². The van der Waals surface area contributed by atoms with Gasteiger partial charge in [-0.3, -0.25) is 14.4 Å². The van der Waals surface area contributed by atoms with Gasteiger partial charge in [0.15, 0.2) is 0 Å². The molecule has 0 aliphatic rings. The lowest BCUT2D eigenvalue weighted by atomic mass is 10.0. The van der Waals surface area contributed by atoms with Crippen molar-refractivity contribution < 1.29 is 39.3 Å². The Morgan fingerprint density at radius 3 is 1.19 bits per heavy atom. The van der Waals surface area contributed by atoms with E-state index in [0.717, 1.165) is 38.5 Å². The molecular formula is C31H57N3O8. The maximum absolute atomic E-state index is 12.2. The van der Waals surface area contributed by atoms with Crippen LogP contribution in [-0.4, -0.2) is 63.7 Å². The fraction of sp³-hybridized carbons (Fsp3) is 0.839. The highest BCUT2D eigenvalue weighted by Gasteiger charge is 2.23. The summed E-state index contributed by atoms with van der Waals surface area (Å²) in [6.45, 7) is 0.435. The molecule has 0 heterocycles. The van der Waals surface area contributed by atoms with Gasteiger partial charge >= 0.3 is 17.9 Å². The first-order chi connectivity index (χ1) is 20.2. The van der Waals surface area contributed by atoms with E-state index in [9.17, 15) is 34.2 Å². The SMILES string of the molecule is NCCCC[C@H](NC(=O)CC[C@H](NC(=O)CCCCCCCCCCCCCCCCCCC(=O)O)C(=O)O)C(=O)O. The van der Waals surface area contributed by atoms with E-state index in [1.807, 2.05) is 0 Å². The highest BCUT2D eigenvalue weighted by Crippen LogP contribution is 2.14. The summed E-state index contributed by atoms with van der Waals surface area (Å²) in [5, 5.41) is 32.2. The Bertz CT molecular complexity index is 762. The number of hydrogen-bond donors (Lipinski definition) is 6. The maximum Gasteiger partial charge on any atom is 0.326 e. The molecule has 2 amide bonds. The second-order valence-electron chi connectivity index (χ2n) is 11.3. The quantitative estimate of drug-likeness (QED) is 0.0605. The van der Waals surface area contributed by atoms with Crippen molar-refractivity contribution >= 4 is 29.7 Å². The van der Waals surface area contributed by atoms with Crippen LogP contribution < -0.4 is 16.4 Å². The monoisotopic (exact) mass is 599 g/mol. The zero-order valence-electron chi connectivity index (χ0n) is 25.6. The highest BCUT2D eigenvalue weighted by atomic mass is 16.4. The normalized spacial score (nSPS) is 12.4. The number of carbonyl (C=O) groups excluding carboxylic acids is 2. The minimum absolute atomic E-state index is 0.113. The molecule has 0 aromatic rings. The molecule has 0 radical (unpaired) electrons. The van der Waals surface area contributed by atoms with Crippen LogP contribution in [0.3, 0.4) is 0 Å². The number of hydrogen-bond acceptors (Lipinski definition) is 6. The number of amides is 2. The van der Waals surface area contributed by atoms with Gasteiger partial charge in [-0.1, -0.05) is 89.9 Å². The molecule has 0 bridgehead atoms. The molecule has 0 unspecified atom stereocenters. The van der Waals surface area contributed by atoms with E-state index in [1.54, 1.807) is 0 Å². The zero-order valence-corrected chi connectivity index (χ0v) is 25.6. The Kier molecular flexibility index (Phi) is 25.4. The van der Waals surface area contributed by atoms with Crippen LogP contribution in [0.5, 0.6) is 0 Å². The molecule has 0 fully saturated rings. The molecule has 11 heteroatoms. The lowest BCUT2D eigenvalue weighted by molar-refractivity contribution is -0.143. The van der Waals surface area contributed by atoms with Crippen LogP contribution in [0.4, 0.5) is 0 Å². The lowest BCUT2D eigenvalue weighted by Crippen LogP contribution is -2.43. The summed E-state index contributed by atoms with van der Waals surface area (Å²) >= 11 is 0. The summed E-state index contributed by atoms with van der Waals surface area (Å²) < 4.78 is 0. The van der Waals surface area contributed by atoms with E-state index in [0.29, 0.717) is 25.8 Å².